The van der Waals surface area contributed by atoms with Gasteiger partial charge in [0.15, 0.2) is 0 Å². The Morgan fingerprint density at radius 3 is 2.63 bits per heavy atom. The van der Waals surface area contributed by atoms with E-state index in [-0.39, 0.29) is 5.82 Å². The van der Waals surface area contributed by atoms with Crippen molar-refractivity contribution in [2.45, 2.75) is 39.3 Å². The van der Waals surface area contributed by atoms with Crippen LogP contribution in [0.25, 0.3) is 28.0 Å². The van der Waals surface area contributed by atoms with Gasteiger partial charge in [-0.2, -0.15) is 5.10 Å². The van der Waals surface area contributed by atoms with E-state index in [4.69, 9.17) is 9.84 Å². The molecular weight excluding hydrogens is 395 g/mol. The van der Waals surface area contributed by atoms with Crippen molar-refractivity contribution >= 4 is 13.7 Å². The minimum absolute atomic E-state index is 0.214. The molecule has 1 aromatic carbocycles. The fraction of sp³-hybridized carbons (Fsp3) is 0.304. The highest BCUT2D eigenvalue weighted by Gasteiger charge is 2.16. The molecular formula is C23H27FN4OSi. The number of imidazole rings is 1. The number of benzene rings is 1. The van der Waals surface area contributed by atoms with Crippen LogP contribution in [0.15, 0.2) is 55.1 Å². The zero-order valence-electron chi connectivity index (χ0n) is 17.9. The Kier molecular flexibility index (Phi) is 5.58. The van der Waals surface area contributed by atoms with Gasteiger partial charge in [0.25, 0.3) is 0 Å². The first-order chi connectivity index (χ1) is 14.3. The Hall–Kier alpha value is -2.77. The Labute approximate surface area is 177 Å². The molecule has 0 bridgehead atoms. The van der Waals surface area contributed by atoms with E-state index < -0.39 is 8.07 Å². The lowest BCUT2D eigenvalue weighted by molar-refractivity contribution is 0.0788. The van der Waals surface area contributed by atoms with E-state index in [1.165, 1.54) is 6.07 Å². The quantitative estimate of drug-likeness (QED) is 0.287. The van der Waals surface area contributed by atoms with Gasteiger partial charge in [0, 0.05) is 56.2 Å². The molecule has 4 aromatic rings. The van der Waals surface area contributed by atoms with Gasteiger partial charge in [0.05, 0.1) is 0 Å². The smallest absolute Gasteiger partial charge is 0.139 e. The number of nitrogens with zero attached hydrogens (tertiary/aromatic N) is 4. The van der Waals surface area contributed by atoms with Crippen LogP contribution in [-0.2, 0) is 11.5 Å². The maximum Gasteiger partial charge on any atom is 0.139 e. The van der Waals surface area contributed by atoms with Gasteiger partial charge in [-0.1, -0.05) is 19.6 Å². The standard InChI is InChI=1S/C23H27FN4OSi/c1-17-13-18(5-7-21(17)24)23-20(19-6-8-22-25-9-10-27(22)14-19)15-28(26-23)16-29-11-12-30(2,3)4/h5-10,13-15H,11-12,16H2,1-4H3. The molecule has 0 spiro atoms. The highest BCUT2D eigenvalue weighted by molar-refractivity contribution is 6.76. The van der Waals surface area contributed by atoms with Gasteiger partial charge in [-0.3, -0.25) is 0 Å². The first kappa shape index (κ1) is 20.5. The average Bonchev–Trinajstić information content (AvgIpc) is 3.33. The predicted molar refractivity (Wildman–Crippen MR) is 121 cm³/mol. The third-order valence-corrected chi connectivity index (χ3v) is 6.82. The summed E-state index contributed by atoms with van der Waals surface area (Å²) in [5.74, 6) is -0.214. The molecule has 0 saturated carbocycles. The molecule has 3 heterocycles. The molecule has 0 N–H and O–H groups in total. The number of ether oxygens (including phenoxy) is 1. The van der Waals surface area contributed by atoms with Crippen LogP contribution in [0, 0.1) is 12.7 Å². The van der Waals surface area contributed by atoms with E-state index in [1.807, 2.05) is 45.9 Å². The van der Waals surface area contributed by atoms with Crippen LogP contribution in [-0.4, -0.2) is 33.8 Å². The molecule has 0 radical (unpaired) electrons. The molecule has 0 aliphatic rings. The molecule has 7 heteroatoms. The van der Waals surface area contributed by atoms with Gasteiger partial charge >= 0.3 is 0 Å². The zero-order chi connectivity index (χ0) is 21.3. The molecule has 0 fully saturated rings. The fourth-order valence-electron chi connectivity index (χ4n) is 3.32. The van der Waals surface area contributed by atoms with E-state index in [0.29, 0.717) is 12.3 Å². The third-order valence-electron chi connectivity index (χ3n) is 5.11. The summed E-state index contributed by atoms with van der Waals surface area (Å²) in [6.45, 7) is 9.91. The second kappa shape index (κ2) is 8.16. The summed E-state index contributed by atoms with van der Waals surface area (Å²) in [5, 5.41) is 4.78. The summed E-state index contributed by atoms with van der Waals surface area (Å²) in [6, 6.07) is 10.2. The first-order valence-electron chi connectivity index (χ1n) is 10.1. The van der Waals surface area contributed by atoms with Gasteiger partial charge in [-0.25, -0.2) is 14.1 Å². The molecule has 0 aliphatic heterocycles. The molecule has 0 atom stereocenters. The van der Waals surface area contributed by atoms with Gasteiger partial charge in [-0.15, -0.1) is 0 Å². The highest BCUT2D eigenvalue weighted by atomic mass is 28.3. The maximum absolute atomic E-state index is 13.8. The number of hydrogen-bond acceptors (Lipinski definition) is 3. The largest absolute Gasteiger partial charge is 0.360 e. The van der Waals surface area contributed by atoms with Crippen molar-refractivity contribution < 1.29 is 9.13 Å². The molecule has 0 amide bonds. The molecule has 156 valence electrons. The number of aryl methyl sites for hydroxylation is 1. The van der Waals surface area contributed by atoms with Crippen LogP contribution >= 0.6 is 0 Å². The highest BCUT2D eigenvalue weighted by Crippen LogP contribution is 2.32. The molecule has 30 heavy (non-hydrogen) atoms. The fourth-order valence-corrected chi connectivity index (χ4v) is 4.08. The lowest BCUT2D eigenvalue weighted by atomic mass is 10.0. The number of rotatable bonds is 7. The van der Waals surface area contributed by atoms with Crippen molar-refractivity contribution in [2.75, 3.05) is 6.61 Å². The SMILES string of the molecule is Cc1cc(-c2nn(COCC[Si](C)(C)C)cc2-c2ccc3nccn3c2)ccc1F. The summed E-state index contributed by atoms with van der Waals surface area (Å²) in [6.07, 6.45) is 7.74. The maximum atomic E-state index is 13.8. The van der Waals surface area contributed by atoms with Crippen molar-refractivity contribution in [2.24, 2.45) is 0 Å². The second-order valence-corrected chi connectivity index (χ2v) is 14.5. The van der Waals surface area contributed by atoms with Crippen LogP contribution < -0.4 is 0 Å². The van der Waals surface area contributed by atoms with Gasteiger partial charge in [-0.05, 0) is 48.9 Å². The van der Waals surface area contributed by atoms with Crippen molar-refractivity contribution in [3.8, 4) is 22.4 Å². The summed E-state index contributed by atoms with van der Waals surface area (Å²) >= 11 is 0. The number of fused-ring (bicyclic) bond motifs is 1. The van der Waals surface area contributed by atoms with E-state index in [1.54, 1.807) is 19.2 Å². The molecule has 4 rings (SSSR count). The van der Waals surface area contributed by atoms with Crippen molar-refractivity contribution in [3.63, 3.8) is 0 Å². The minimum atomic E-state index is -1.14. The Balaban J connectivity index is 1.69. The zero-order valence-corrected chi connectivity index (χ0v) is 18.9. The summed E-state index contributed by atoms with van der Waals surface area (Å²) in [4.78, 5) is 4.31. The van der Waals surface area contributed by atoms with E-state index >= 15 is 0 Å². The predicted octanol–water partition coefficient (Wildman–Crippen LogP) is 5.62. The third kappa shape index (κ3) is 4.52. The number of hydrogen-bond donors (Lipinski definition) is 0. The van der Waals surface area contributed by atoms with Gasteiger partial charge < -0.3 is 9.14 Å². The van der Waals surface area contributed by atoms with E-state index in [2.05, 4.69) is 24.6 Å². The molecule has 0 aliphatic carbocycles. The van der Waals surface area contributed by atoms with Crippen LogP contribution in [0.4, 0.5) is 4.39 Å². The number of halogens is 1. The lowest BCUT2D eigenvalue weighted by Gasteiger charge is -2.15. The monoisotopic (exact) mass is 422 g/mol. The molecule has 0 unspecified atom stereocenters. The van der Waals surface area contributed by atoms with Crippen LogP contribution in [0.5, 0.6) is 0 Å². The second-order valence-electron chi connectivity index (χ2n) is 8.85. The Morgan fingerprint density at radius 1 is 1.07 bits per heavy atom. The average molecular weight is 423 g/mol. The van der Waals surface area contributed by atoms with Crippen molar-refractivity contribution in [1.82, 2.24) is 19.2 Å². The van der Waals surface area contributed by atoms with Crippen molar-refractivity contribution in [1.29, 1.82) is 0 Å². The van der Waals surface area contributed by atoms with Crippen molar-refractivity contribution in [3.05, 3.63) is 66.5 Å². The lowest BCUT2D eigenvalue weighted by Crippen LogP contribution is -2.22. The Bertz CT molecular complexity index is 1180. The summed E-state index contributed by atoms with van der Waals surface area (Å²) in [7, 11) is -1.14. The summed E-state index contributed by atoms with van der Waals surface area (Å²) < 4.78 is 23.5. The van der Waals surface area contributed by atoms with Gasteiger partial charge in [0.1, 0.15) is 23.9 Å². The number of aromatic nitrogens is 4. The van der Waals surface area contributed by atoms with Crippen LogP contribution in [0.2, 0.25) is 25.7 Å². The first-order valence-corrected chi connectivity index (χ1v) is 13.9. The topological polar surface area (TPSA) is 44.3 Å². The van der Waals surface area contributed by atoms with Gasteiger partial charge in [0.2, 0.25) is 0 Å². The Morgan fingerprint density at radius 2 is 1.87 bits per heavy atom. The molecule has 5 nitrogen and oxygen atoms in total. The minimum Gasteiger partial charge on any atom is -0.360 e. The number of pyridine rings is 1. The summed E-state index contributed by atoms with van der Waals surface area (Å²) in [5.41, 5.74) is 5.18. The van der Waals surface area contributed by atoms with Crippen LogP contribution in [0.1, 0.15) is 5.56 Å². The molecule has 0 saturated heterocycles. The normalized spacial score (nSPS) is 12.0. The van der Waals surface area contributed by atoms with E-state index in [0.717, 1.165) is 40.7 Å². The molecule has 3 aromatic heterocycles. The van der Waals surface area contributed by atoms with Crippen LogP contribution in [0.3, 0.4) is 0 Å². The van der Waals surface area contributed by atoms with E-state index in [9.17, 15) is 4.39 Å².